The van der Waals surface area contributed by atoms with E-state index >= 15 is 0 Å². The molecule has 5 heteroatoms. The average Bonchev–Trinajstić information content (AvgIpc) is 2.86. The van der Waals surface area contributed by atoms with Gasteiger partial charge in [-0.3, -0.25) is 5.10 Å². The van der Waals surface area contributed by atoms with Crippen LogP contribution in [0.2, 0.25) is 0 Å². The SMILES string of the molecule is COc1ccc(OC)c(-c2cn[nH]c2CN)c1. The molecule has 0 spiro atoms. The van der Waals surface area contributed by atoms with Crippen LogP contribution in [0.1, 0.15) is 5.69 Å². The van der Waals surface area contributed by atoms with Crippen LogP contribution in [0.25, 0.3) is 11.1 Å². The van der Waals surface area contributed by atoms with Gasteiger partial charge >= 0.3 is 0 Å². The van der Waals surface area contributed by atoms with Gasteiger partial charge in [0, 0.05) is 17.7 Å². The van der Waals surface area contributed by atoms with Crippen molar-refractivity contribution in [3.8, 4) is 22.6 Å². The van der Waals surface area contributed by atoms with Crippen molar-refractivity contribution in [3.63, 3.8) is 0 Å². The summed E-state index contributed by atoms with van der Waals surface area (Å²) in [6.07, 6.45) is 1.74. The molecule has 0 radical (unpaired) electrons. The highest BCUT2D eigenvalue weighted by Crippen LogP contribution is 2.34. The van der Waals surface area contributed by atoms with Crippen molar-refractivity contribution in [3.05, 3.63) is 30.1 Å². The first-order chi connectivity index (χ1) is 8.30. The van der Waals surface area contributed by atoms with E-state index in [1.807, 2.05) is 18.2 Å². The molecule has 90 valence electrons. The second-order valence-corrected chi connectivity index (χ2v) is 3.53. The maximum absolute atomic E-state index is 5.65. The van der Waals surface area contributed by atoms with E-state index in [-0.39, 0.29) is 0 Å². The molecule has 1 aromatic carbocycles. The number of aromatic amines is 1. The van der Waals surface area contributed by atoms with Crippen LogP contribution in [0.15, 0.2) is 24.4 Å². The van der Waals surface area contributed by atoms with Gasteiger partial charge in [0.25, 0.3) is 0 Å². The van der Waals surface area contributed by atoms with Crippen molar-refractivity contribution in [1.82, 2.24) is 10.2 Å². The van der Waals surface area contributed by atoms with Crippen molar-refractivity contribution in [1.29, 1.82) is 0 Å². The Morgan fingerprint density at radius 2 is 2.06 bits per heavy atom. The zero-order valence-electron chi connectivity index (χ0n) is 9.86. The van der Waals surface area contributed by atoms with Gasteiger partial charge in [0.1, 0.15) is 11.5 Å². The molecule has 1 aromatic heterocycles. The van der Waals surface area contributed by atoms with Crippen molar-refractivity contribution < 1.29 is 9.47 Å². The fourth-order valence-electron chi connectivity index (χ4n) is 1.73. The molecule has 5 nitrogen and oxygen atoms in total. The Balaban J connectivity index is 2.56. The topological polar surface area (TPSA) is 73.2 Å². The summed E-state index contributed by atoms with van der Waals surface area (Å²) < 4.78 is 10.5. The molecule has 0 saturated carbocycles. The van der Waals surface area contributed by atoms with Crippen LogP contribution >= 0.6 is 0 Å². The fraction of sp³-hybridized carbons (Fsp3) is 0.250. The number of nitrogens with two attached hydrogens (primary N) is 1. The van der Waals surface area contributed by atoms with E-state index in [0.717, 1.165) is 28.3 Å². The summed E-state index contributed by atoms with van der Waals surface area (Å²) >= 11 is 0. The summed E-state index contributed by atoms with van der Waals surface area (Å²) in [6, 6.07) is 5.62. The second kappa shape index (κ2) is 4.88. The number of ether oxygens (including phenoxy) is 2. The molecule has 0 atom stereocenters. The number of hydrogen-bond donors (Lipinski definition) is 2. The number of methoxy groups -OCH3 is 2. The molecular weight excluding hydrogens is 218 g/mol. The van der Waals surface area contributed by atoms with Crippen LogP contribution in [0.3, 0.4) is 0 Å². The van der Waals surface area contributed by atoms with Gasteiger partial charge in [0.2, 0.25) is 0 Å². The van der Waals surface area contributed by atoms with Crippen molar-refractivity contribution >= 4 is 0 Å². The van der Waals surface area contributed by atoms with Gasteiger partial charge in [-0.25, -0.2) is 0 Å². The number of benzene rings is 1. The lowest BCUT2D eigenvalue weighted by molar-refractivity contribution is 0.404. The highest BCUT2D eigenvalue weighted by molar-refractivity contribution is 5.73. The second-order valence-electron chi connectivity index (χ2n) is 3.53. The Morgan fingerprint density at radius 3 is 2.71 bits per heavy atom. The standard InChI is InChI=1S/C12H15N3O2/c1-16-8-3-4-12(17-2)9(5-8)10-7-14-15-11(10)6-13/h3-5,7H,6,13H2,1-2H3,(H,14,15). The number of nitrogens with zero attached hydrogens (tertiary/aromatic N) is 1. The third-order valence-corrected chi connectivity index (χ3v) is 2.62. The summed E-state index contributed by atoms with van der Waals surface area (Å²) in [6.45, 7) is 0.399. The average molecular weight is 233 g/mol. The molecule has 3 N–H and O–H groups in total. The molecule has 17 heavy (non-hydrogen) atoms. The molecule has 2 rings (SSSR count). The molecule has 0 saturated heterocycles. The van der Waals surface area contributed by atoms with Gasteiger partial charge in [0.05, 0.1) is 26.1 Å². The van der Waals surface area contributed by atoms with Crippen molar-refractivity contribution in [2.75, 3.05) is 14.2 Å². The maximum atomic E-state index is 5.65. The fourth-order valence-corrected chi connectivity index (χ4v) is 1.73. The van der Waals surface area contributed by atoms with Crippen LogP contribution in [0.5, 0.6) is 11.5 Å². The molecule has 0 bridgehead atoms. The first kappa shape index (κ1) is 11.5. The van der Waals surface area contributed by atoms with Crippen LogP contribution < -0.4 is 15.2 Å². The molecule has 0 unspecified atom stereocenters. The maximum Gasteiger partial charge on any atom is 0.127 e. The van der Waals surface area contributed by atoms with Crippen molar-refractivity contribution in [2.24, 2.45) is 5.73 Å². The molecule has 2 aromatic rings. The van der Waals surface area contributed by atoms with E-state index in [4.69, 9.17) is 15.2 Å². The zero-order valence-corrected chi connectivity index (χ0v) is 9.86. The van der Waals surface area contributed by atoms with Gasteiger partial charge in [-0.2, -0.15) is 5.10 Å². The summed E-state index contributed by atoms with van der Waals surface area (Å²) in [4.78, 5) is 0. The molecule has 0 aliphatic carbocycles. The quantitative estimate of drug-likeness (QED) is 0.840. The van der Waals surface area contributed by atoms with Crippen molar-refractivity contribution in [2.45, 2.75) is 6.54 Å². The monoisotopic (exact) mass is 233 g/mol. The molecular formula is C12H15N3O2. The van der Waals surface area contributed by atoms with Gasteiger partial charge < -0.3 is 15.2 Å². The first-order valence-corrected chi connectivity index (χ1v) is 5.25. The smallest absolute Gasteiger partial charge is 0.127 e. The molecule has 0 aliphatic heterocycles. The van der Waals surface area contributed by atoms with Gasteiger partial charge in [-0.1, -0.05) is 0 Å². The van der Waals surface area contributed by atoms with E-state index in [2.05, 4.69) is 10.2 Å². The summed E-state index contributed by atoms with van der Waals surface area (Å²) in [7, 11) is 3.26. The normalized spacial score (nSPS) is 10.3. The molecule has 0 fully saturated rings. The highest BCUT2D eigenvalue weighted by Gasteiger charge is 2.12. The summed E-state index contributed by atoms with van der Waals surface area (Å²) in [5.41, 5.74) is 8.37. The van der Waals surface area contributed by atoms with E-state index in [1.165, 1.54) is 0 Å². The minimum absolute atomic E-state index is 0.399. The molecule has 1 heterocycles. The van der Waals surface area contributed by atoms with Crippen LogP contribution in [-0.4, -0.2) is 24.4 Å². The minimum atomic E-state index is 0.399. The number of nitrogens with one attached hydrogen (secondary N) is 1. The first-order valence-electron chi connectivity index (χ1n) is 5.25. The van der Waals surface area contributed by atoms with E-state index in [9.17, 15) is 0 Å². The lowest BCUT2D eigenvalue weighted by atomic mass is 10.0. The molecule has 0 amide bonds. The highest BCUT2D eigenvalue weighted by atomic mass is 16.5. The Bertz CT molecular complexity index is 508. The Morgan fingerprint density at radius 1 is 1.24 bits per heavy atom. The Hall–Kier alpha value is -2.01. The Kier molecular flexibility index (Phi) is 3.30. The number of hydrogen-bond acceptors (Lipinski definition) is 4. The van der Waals surface area contributed by atoms with E-state index in [1.54, 1.807) is 20.4 Å². The van der Waals surface area contributed by atoms with Crippen LogP contribution in [0, 0.1) is 0 Å². The number of H-pyrrole nitrogens is 1. The van der Waals surface area contributed by atoms with Gasteiger partial charge in [-0.05, 0) is 18.2 Å². The lowest BCUT2D eigenvalue weighted by Crippen LogP contribution is -1.99. The van der Waals surface area contributed by atoms with E-state index < -0.39 is 0 Å². The third-order valence-electron chi connectivity index (χ3n) is 2.62. The summed E-state index contributed by atoms with van der Waals surface area (Å²) in [5, 5.41) is 6.87. The minimum Gasteiger partial charge on any atom is -0.497 e. The summed E-state index contributed by atoms with van der Waals surface area (Å²) in [5.74, 6) is 1.53. The van der Waals surface area contributed by atoms with Gasteiger partial charge in [0.15, 0.2) is 0 Å². The Labute approximate surface area is 99.5 Å². The zero-order chi connectivity index (χ0) is 12.3. The number of rotatable bonds is 4. The largest absolute Gasteiger partial charge is 0.497 e. The van der Waals surface area contributed by atoms with Crippen LogP contribution in [0.4, 0.5) is 0 Å². The van der Waals surface area contributed by atoms with Crippen LogP contribution in [-0.2, 0) is 6.54 Å². The van der Waals surface area contributed by atoms with E-state index in [0.29, 0.717) is 6.54 Å². The predicted molar refractivity (Wildman–Crippen MR) is 65.0 cm³/mol. The van der Waals surface area contributed by atoms with Gasteiger partial charge in [-0.15, -0.1) is 0 Å². The lowest BCUT2D eigenvalue weighted by Gasteiger charge is -2.10. The molecule has 0 aliphatic rings. The third kappa shape index (κ3) is 2.09. The number of aromatic nitrogens is 2. The predicted octanol–water partition coefficient (Wildman–Crippen LogP) is 1.55.